The van der Waals surface area contributed by atoms with Crippen molar-refractivity contribution >= 4 is 18.0 Å². The standard InChI is InChI=1S/C20H34N2O5/c1-14(2)13-15(10-11-17(23)26-6)21-18(24)16-9-7-8-12-22(16)19(25)27-20(3,4)5/h10-11,14-16H,7-9,12-13H2,1-6H3,(H,21,24)/b11-10+/t15-,16?/m1/s1. The summed E-state index contributed by atoms with van der Waals surface area (Å²) in [6, 6.07) is -0.867. The van der Waals surface area contributed by atoms with Crippen molar-refractivity contribution in [2.75, 3.05) is 13.7 Å². The summed E-state index contributed by atoms with van der Waals surface area (Å²) in [5, 5.41) is 2.96. The Morgan fingerprint density at radius 2 is 1.89 bits per heavy atom. The molecule has 1 fully saturated rings. The lowest BCUT2D eigenvalue weighted by molar-refractivity contribution is -0.135. The molecular weight excluding hydrogens is 348 g/mol. The molecule has 1 aliphatic heterocycles. The number of ether oxygens (including phenoxy) is 2. The number of methoxy groups -OCH3 is 1. The van der Waals surface area contributed by atoms with Crippen LogP contribution < -0.4 is 5.32 Å². The first kappa shape index (κ1) is 23.0. The van der Waals surface area contributed by atoms with Gasteiger partial charge in [-0.05, 0) is 52.4 Å². The number of piperidine rings is 1. The number of likely N-dealkylation sites (tertiary alicyclic amines) is 1. The third kappa shape index (κ3) is 8.45. The van der Waals surface area contributed by atoms with E-state index in [4.69, 9.17) is 4.74 Å². The minimum absolute atomic E-state index is 0.222. The molecule has 1 aliphatic rings. The highest BCUT2D eigenvalue weighted by molar-refractivity contribution is 5.86. The molecule has 154 valence electrons. The van der Waals surface area contributed by atoms with E-state index in [1.807, 2.05) is 13.8 Å². The fourth-order valence-electron chi connectivity index (χ4n) is 2.98. The minimum atomic E-state index is -0.612. The molecule has 0 aromatic heterocycles. The van der Waals surface area contributed by atoms with Gasteiger partial charge in [-0.25, -0.2) is 9.59 Å². The van der Waals surface area contributed by atoms with Crippen LogP contribution in [-0.2, 0) is 19.1 Å². The SMILES string of the molecule is COC(=O)/C=C/[C@H](CC(C)C)NC(=O)C1CCCCN1C(=O)OC(C)(C)C. The van der Waals surface area contributed by atoms with E-state index in [1.165, 1.54) is 18.1 Å². The molecule has 1 heterocycles. The van der Waals surface area contributed by atoms with Gasteiger partial charge in [-0.15, -0.1) is 0 Å². The molecular formula is C20H34N2O5. The smallest absolute Gasteiger partial charge is 0.410 e. The molecule has 1 rings (SSSR count). The number of amides is 2. The number of carbonyl (C=O) groups is 3. The lowest BCUT2D eigenvalue weighted by Gasteiger charge is -2.36. The molecule has 2 atom stereocenters. The zero-order valence-electron chi connectivity index (χ0n) is 17.4. The summed E-state index contributed by atoms with van der Waals surface area (Å²) in [7, 11) is 1.31. The van der Waals surface area contributed by atoms with Gasteiger partial charge in [-0.1, -0.05) is 19.9 Å². The van der Waals surface area contributed by atoms with Crippen LogP contribution in [-0.4, -0.2) is 54.2 Å². The summed E-state index contributed by atoms with van der Waals surface area (Å²) in [5.74, 6) is -0.363. The summed E-state index contributed by atoms with van der Waals surface area (Å²) in [5.41, 5.74) is -0.612. The van der Waals surface area contributed by atoms with Crippen LogP contribution in [0.3, 0.4) is 0 Å². The van der Waals surface area contributed by atoms with E-state index >= 15 is 0 Å². The van der Waals surface area contributed by atoms with E-state index in [0.29, 0.717) is 25.3 Å². The van der Waals surface area contributed by atoms with Crippen molar-refractivity contribution in [2.24, 2.45) is 5.92 Å². The summed E-state index contributed by atoms with van der Waals surface area (Å²) in [4.78, 5) is 38.3. The highest BCUT2D eigenvalue weighted by Crippen LogP contribution is 2.21. The van der Waals surface area contributed by atoms with Crippen molar-refractivity contribution < 1.29 is 23.9 Å². The number of nitrogens with one attached hydrogen (secondary N) is 1. The van der Waals surface area contributed by atoms with Crippen LogP contribution >= 0.6 is 0 Å². The molecule has 7 heteroatoms. The summed E-state index contributed by atoms with van der Waals surface area (Å²) in [6.07, 6.45) is 5.50. The maximum atomic E-state index is 12.9. The molecule has 1 saturated heterocycles. The molecule has 0 bridgehead atoms. The first-order chi connectivity index (χ1) is 12.5. The summed E-state index contributed by atoms with van der Waals surface area (Å²) in [6.45, 7) is 10.00. The van der Waals surface area contributed by atoms with Crippen molar-refractivity contribution in [3.63, 3.8) is 0 Å². The molecule has 0 spiro atoms. The maximum absolute atomic E-state index is 12.9. The Kier molecular flexibility index (Phi) is 8.79. The second-order valence-electron chi connectivity index (χ2n) is 8.31. The van der Waals surface area contributed by atoms with Crippen LogP contribution in [0.5, 0.6) is 0 Å². The van der Waals surface area contributed by atoms with Gasteiger partial charge in [0.25, 0.3) is 0 Å². The van der Waals surface area contributed by atoms with Crippen LogP contribution in [0, 0.1) is 5.92 Å². The van der Waals surface area contributed by atoms with Gasteiger partial charge < -0.3 is 14.8 Å². The van der Waals surface area contributed by atoms with Crippen molar-refractivity contribution in [1.82, 2.24) is 10.2 Å². The van der Waals surface area contributed by atoms with E-state index in [9.17, 15) is 14.4 Å². The minimum Gasteiger partial charge on any atom is -0.466 e. The Hall–Kier alpha value is -2.05. The van der Waals surface area contributed by atoms with Crippen LogP contribution in [0.2, 0.25) is 0 Å². The number of hydrogen-bond acceptors (Lipinski definition) is 5. The zero-order valence-corrected chi connectivity index (χ0v) is 17.4. The first-order valence-corrected chi connectivity index (χ1v) is 9.59. The van der Waals surface area contributed by atoms with E-state index in [2.05, 4.69) is 10.1 Å². The topological polar surface area (TPSA) is 84.9 Å². The number of esters is 1. The Balaban J connectivity index is 2.85. The summed E-state index contributed by atoms with van der Waals surface area (Å²) >= 11 is 0. The van der Waals surface area contributed by atoms with Crippen LogP contribution in [0.15, 0.2) is 12.2 Å². The third-order valence-corrected chi connectivity index (χ3v) is 4.15. The number of carbonyl (C=O) groups excluding carboxylic acids is 3. The Morgan fingerprint density at radius 1 is 1.22 bits per heavy atom. The van der Waals surface area contributed by atoms with E-state index < -0.39 is 23.7 Å². The zero-order chi connectivity index (χ0) is 20.6. The van der Waals surface area contributed by atoms with Gasteiger partial charge in [-0.3, -0.25) is 9.69 Å². The molecule has 2 amide bonds. The second kappa shape index (κ2) is 10.3. The quantitative estimate of drug-likeness (QED) is 0.564. The highest BCUT2D eigenvalue weighted by atomic mass is 16.6. The third-order valence-electron chi connectivity index (χ3n) is 4.15. The Morgan fingerprint density at radius 3 is 2.44 bits per heavy atom. The van der Waals surface area contributed by atoms with Crippen molar-refractivity contribution in [1.29, 1.82) is 0 Å². The average Bonchev–Trinajstić information content (AvgIpc) is 2.57. The molecule has 7 nitrogen and oxygen atoms in total. The number of hydrogen-bond donors (Lipinski definition) is 1. The molecule has 1 N–H and O–H groups in total. The molecule has 27 heavy (non-hydrogen) atoms. The molecule has 0 aliphatic carbocycles. The van der Waals surface area contributed by atoms with Gasteiger partial charge in [0, 0.05) is 18.7 Å². The van der Waals surface area contributed by atoms with E-state index in [1.54, 1.807) is 26.8 Å². The first-order valence-electron chi connectivity index (χ1n) is 9.59. The monoisotopic (exact) mass is 382 g/mol. The van der Waals surface area contributed by atoms with Gasteiger partial charge in [0.1, 0.15) is 11.6 Å². The molecule has 1 unspecified atom stereocenters. The van der Waals surface area contributed by atoms with Crippen molar-refractivity contribution in [3.8, 4) is 0 Å². The lowest BCUT2D eigenvalue weighted by Crippen LogP contribution is -2.54. The van der Waals surface area contributed by atoms with Gasteiger partial charge in [-0.2, -0.15) is 0 Å². The van der Waals surface area contributed by atoms with Crippen LogP contribution in [0.4, 0.5) is 4.79 Å². The van der Waals surface area contributed by atoms with Gasteiger partial charge in [0.05, 0.1) is 7.11 Å². The van der Waals surface area contributed by atoms with Gasteiger partial charge in [0.2, 0.25) is 5.91 Å². The predicted octanol–water partition coefficient (Wildman–Crippen LogP) is 3.04. The molecule has 0 saturated carbocycles. The van der Waals surface area contributed by atoms with Gasteiger partial charge >= 0.3 is 12.1 Å². The average molecular weight is 383 g/mol. The summed E-state index contributed by atoms with van der Waals surface area (Å²) < 4.78 is 10.1. The van der Waals surface area contributed by atoms with Gasteiger partial charge in [0.15, 0.2) is 0 Å². The van der Waals surface area contributed by atoms with Crippen molar-refractivity contribution in [3.05, 3.63) is 12.2 Å². The fraction of sp³-hybridized carbons (Fsp3) is 0.750. The molecule has 0 radical (unpaired) electrons. The Labute approximate surface area is 162 Å². The highest BCUT2D eigenvalue weighted by Gasteiger charge is 2.35. The van der Waals surface area contributed by atoms with E-state index in [0.717, 1.165) is 12.8 Å². The van der Waals surface area contributed by atoms with Crippen LogP contribution in [0.25, 0.3) is 0 Å². The largest absolute Gasteiger partial charge is 0.466 e. The van der Waals surface area contributed by atoms with Crippen LogP contribution in [0.1, 0.15) is 60.3 Å². The molecule has 0 aromatic rings. The second-order valence-corrected chi connectivity index (χ2v) is 8.31. The fourth-order valence-corrected chi connectivity index (χ4v) is 2.98. The number of nitrogens with zero attached hydrogens (tertiary/aromatic N) is 1. The van der Waals surface area contributed by atoms with Crippen molar-refractivity contribution in [2.45, 2.75) is 78.0 Å². The van der Waals surface area contributed by atoms with E-state index in [-0.39, 0.29) is 11.9 Å². The number of rotatable bonds is 6. The normalized spacial score (nSPS) is 19.1. The Bertz CT molecular complexity index is 551. The lowest BCUT2D eigenvalue weighted by atomic mass is 9.99. The molecule has 0 aromatic carbocycles. The maximum Gasteiger partial charge on any atom is 0.410 e. The predicted molar refractivity (Wildman–Crippen MR) is 103 cm³/mol.